The van der Waals surface area contributed by atoms with Crippen LogP contribution in [0.4, 0.5) is 4.79 Å². The van der Waals surface area contributed by atoms with Crippen molar-refractivity contribution in [3.05, 3.63) is 53.2 Å². The average molecular weight is 399 g/mol. The van der Waals surface area contributed by atoms with Gasteiger partial charge >= 0.3 is 6.09 Å². The van der Waals surface area contributed by atoms with Crippen LogP contribution in [-0.2, 0) is 6.42 Å². The lowest BCUT2D eigenvalue weighted by molar-refractivity contribution is 0.200. The minimum absolute atomic E-state index is 0.394. The van der Waals surface area contributed by atoms with E-state index in [9.17, 15) is 4.79 Å². The fourth-order valence-electron chi connectivity index (χ4n) is 3.34. The second kappa shape index (κ2) is 12.1. The minimum Gasteiger partial charge on any atom is -0.478 e. The number of pyridine rings is 1. The van der Waals surface area contributed by atoms with E-state index in [2.05, 4.69) is 30.2 Å². The van der Waals surface area contributed by atoms with Crippen molar-refractivity contribution in [1.82, 2.24) is 10.3 Å². The number of hydrogen-bond acceptors (Lipinski definition) is 4. The Bertz CT molecular complexity index is 762. The monoisotopic (exact) mass is 398 g/mol. The Labute approximate surface area is 174 Å². The van der Waals surface area contributed by atoms with E-state index >= 15 is 0 Å². The first-order chi connectivity index (χ1) is 14.0. The summed E-state index contributed by atoms with van der Waals surface area (Å²) in [6.07, 6.45) is 4.74. The van der Waals surface area contributed by atoms with Crippen molar-refractivity contribution in [3.63, 3.8) is 0 Å². The third-order valence-corrected chi connectivity index (χ3v) is 5.04. The van der Waals surface area contributed by atoms with E-state index in [-0.39, 0.29) is 0 Å². The second-order valence-electron chi connectivity index (χ2n) is 7.29. The van der Waals surface area contributed by atoms with Gasteiger partial charge in [0, 0.05) is 17.8 Å². The normalized spacial score (nSPS) is 11.7. The molecule has 0 bridgehead atoms. The number of rotatable bonds is 11. The average Bonchev–Trinajstić information content (AvgIpc) is 2.71. The van der Waals surface area contributed by atoms with Gasteiger partial charge in [0.15, 0.2) is 0 Å². The number of carbonyl (C=O) groups excluding carboxylic acids is 1. The zero-order chi connectivity index (χ0) is 21.1. The maximum atomic E-state index is 11.8. The lowest BCUT2D eigenvalue weighted by atomic mass is 9.93. The molecule has 1 N–H and O–H groups in total. The maximum Gasteiger partial charge on any atom is 0.412 e. The first kappa shape index (κ1) is 22.7. The summed E-state index contributed by atoms with van der Waals surface area (Å²) in [6.45, 7) is 9.69. The van der Waals surface area contributed by atoms with Gasteiger partial charge in [-0.05, 0) is 62.8 Å². The Kier molecular flexibility index (Phi) is 9.48. The van der Waals surface area contributed by atoms with E-state index in [4.69, 9.17) is 9.47 Å². The molecule has 0 aliphatic rings. The number of ether oxygens (including phenoxy) is 2. The standard InChI is InChI=1S/C24H34N2O3/c1-5-20-17-22(23(28-6-2)26-19(20)4)18(3)13-9-8-12-16-25-24(27)29-21-14-10-7-11-15-21/h7,10-11,14-15,17-18H,5-6,8-9,12-13,16H2,1-4H3,(H,25,27). The highest BCUT2D eigenvalue weighted by atomic mass is 16.6. The van der Waals surface area contributed by atoms with Gasteiger partial charge in [-0.1, -0.05) is 44.9 Å². The van der Waals surface area contributed by atoms with Crippen LogP contribution in [0.2, 0.25) is 0 Å². The summed E-state index contributed by atoms with van der Waals surface area (Å²) >= 11 is 0. The lowest BCUT2D eigenvalue weighted by Crippen LogP contribution is -2.27. The molecule has 0 aliphatic carbocycles. The van der Waals surface area contributed by atoms with E-state index < -0.39 is 6.09 Å². The van der Waals surface area contributed by atoms with Crippen LogP contribution in [-0.4, -0.2) is 24.2 Å². The van der Waals surface area contributed by atoms with Crippen LogP contribution >= 0.6 is 0 Å². The van der Waals surface area contributed by atoms with E-state index in [1.807, 2.05) is 32.0 Å². The maximum absolute atomic E-state index is 11.8. The summed E-state index contributed by atoms with van der Waals surface area (Å²) in [4.78, 5) is 16.5. The predicted octanol–water partition coefficient (Wildman–Crippen LogP) is 5.80. The number of unbranched alkanes of at least 4 members (excludes halogenated alkanes) is 2. The molecule has 1 aromatic carbocycles. The number of carbonyl (C=O) groups is 1. The Morgan fingerprint density at radius 2 is 1.90 bits per heavy atom. The number of nitrogens with zero attached hydrogens (tertiary/aromatic N) is 1. The number of benzene rings is 1. The summed E-state index contributed by atoms with van der Waals surface area (Å²) in [5, 5.41) is 2.81. The van der Waals surface area contributed by atoms with Gasteiger partial charge in [0.1, 0.15) is 5.75 Å². The third kappa shape index (κ3) is 7.41. The Morgan fingerprint density at radius 3 is 2.59 bits per heavy atom. The molecular formula is C24H34N2O3. The number of aryl methyl sites for hydroxylation is 2. The number of aromatic nitrogens is 1. The first-order valence-corrected chi connectivity index (χ1v) is 10.7. The zero-order valence-corrected chi connectivity index (χ0v) is 18.2. The van der Waals surface area contributed by atoms with E-state index in [0.717, 1.165) is 43.7 Å². The summed E-state index contributed by atoms with van der Waals surface area (Å²) < 4.78 is 11.0. The number of hydrogen-bond donors (Lipinski definition) is 1. The van der Waals surface area contributed by atoms with Gasteiger partial charge in [-0.15, -0.1) is 0 Å². The van der Waals surface area contributed by atoms with E-state index in [1.165, 1.54) is 11.1 Å². The molecule has 1 amide bonds. The van der Waals surface area contributed by atoms with Crippen LogP contribution in [0.15, 0.2) is 36.4 Å². The van der Waals surface area contributed by atoms with Crippen LogP contribution in [0.5, 0.6) is 11.6 Å². The number of para-hydroxylation sites is 1. The highest BCUT2D eigenvalue weighted by molar-refractivity contribution is 5.70. The summed E-state index contributed by atoms with van der Waals surface area (Å²) in [5.41, 5.74) is 3.55. The van der Waals surface area contributed by atoms with Gasteiger partial charge in [-0.25, -0.2) is 9.78 Å². The molecule has 158 valence electrons. The van der Waals surface area contributed by atoms with Crippen molar-refractivity contribution in [2.45, 2.75) is 65.7 Å². The molecule has 0 saturated carbocycles. The van der Waals surface area contributed by atoms with Gasteiger partial charge in [0.25, 0.3) is 0 Å². The van der Waals surface area contributed by atoms with Crippen molar-refractivity contribution >= 4 is 6.09 Å². The fraction of sp³-hybridized carbons (Fsp3) is 0.500. The van der Waals surface area contributed by atoms with Crippen LogP contribution in [0.1, 0.15) is 69.2 Å². The predicted molar refractivity (Wildman–Crippen MR) is 117 cm³/mol. The molecule has 2 rings (SSSR count). The molecule has 1 aromatic heterocycles. The van der Waals surface area contributed by atoms with Crippen molar-refractivity contribution in [1.29, 1.82) is 0 Å². The minimum atomic E-state index is -0.399. The van der Waals surface area contributed by atoms with E-state index in [1.54, 1.807) is 12.1 Å². The Hall–Kier alpha value is -2.56. The molecule has 2 aromatic rings. The Balaban J connectivity index is 1.73. The van der Waals surface area contributed by atoms with E-state index in [0.29, 0.717) is 24.8 Å². The fourth-order valence-corrected chi connectivity index (χ4v) is 3.34. The molecule has 5 nitrogen and oxygen atoms in total. The van der Waals surface area contributed by atoms with Crippen molar-refractivity contribution in [2.24, 2.45) is 0 Å². The molecule has 29 heavy (non-hydrogen) atoms. The smallest absolute Gasteiger partial charge is 0.412 e. The van der Waals surface area contributed by atoms with Gasteiger partial charge in [-0.2, -0.15) is 0 Å². The number of nitrogens with one attached hydrogen (secondary N) is 1. The highest BCUT2D eigenvalue weighted by Gasteiger charge is 2.15. The van der Waals surface area contributed by atoms with Gasteiger partial charge in [0.05, 0.1) is 6.61 Å². The highest BCUT2D eigenvalue weighted by Crippen LogP contribution is 2.31. The van der Waals surface area contributed by atoms with Crippen molar-refractivity contribution in [3.8, 4) is 11.6 Å². The molecule has 1 atom stereocenters. The van der Waals surface area contributed by atoms with Gasteiger partial charge in [0.2, 0.25) is 5.88 Å². The topological polar surface area (TPSA) is 60.5 Å². The molecular weight excluding hydrogens is 364 g/mol. The van der Waals surface area contributed by atoms with Gasteiger partial charge < -0.3 is 14.8 Å². The Morgan fingerprint density at radius 1 is 1.14 bits per heavy atom. The van der Waals surface area contributed by atoms with Crippen molar-refractivity contribution in [2.75, 3.05) is 13.2 Å². The van der Waals surface area contributed by atoms with Crippen LogP contribution in [0.3, 0.4) is 0 Å². The SMILES string of the molecule is CCOc1nc(C)c(CC)cc1C(C)CCCCCNC(=O)Oc1ccccc1. The molecule has 5 heteroatoms. The van der Waals surface area contributed by atoms with Crippen LogP contribution < -0.4 is 14.8 Å². The first-order valence-electron chi connectivity index (χ1n) is 10.7. The molecule has 0 fully saturated rings. The molecule has 0 aliphatic heterocycles. The molecule has 1 heterocycles. The molecule has 0 saturated heterocycles. The lowest BCUT2D eigenvalue weighted by Gasteiger charge is -2.18. The summed E-state index contributed by atoms with van der Waals surface area (Å²) in [7, 11) is 0. The van der Waals surface area contributed by atoms with Crippen LogP contribution in [0.25, 0.3) is 0 Å². The third-order valence-electron chi connectivity index (χ3n) is 5.04. The quantitative estimate of drug-likeness (QED) is 0.486. The van der Waals surface area contributed by atoms with Gasteiger partial charge in [-0.3, -0.25) is 0 Å². The van der Waals surface area contributed by atoms with Crippen molar-refractivity contribution < 1.29 is 14.3 Å². The zero-order valence-electron chi connectivity index (χ0n) is 18.2. The second-order valence-corrected chi connectivity index (χ2v) is 7.29. The molecule has 0 spiro atoms. The number of amides is 1. The van der Waals surface area contributed by atoms with Crippen LogP contribution in [0, 0.1) is 6.92 Å². The summed E-state index contributed by atoms with van der Waals surface area (Å²) in [5.74, 6) is 1.73. The largest absolute Gasteiger partial charge is 0.478 e. The molecule has 1 unspecified atom stereocenters. The molecule has 0 radical (unpaired) electrons. The summed E-state index contributed by atoms with van der Waals surface area (Å²) in [6, 6.07) is 11.4.